The molecule has 0 spiro atoms. The summed E-state index contributed by atoms with van der Waals surface area (Å²) in [6, 6.07) is 2.46. The summed E-state index contributed by atoms with van der Waals surface area (Å²) in [6.07, 6.45) is -5.55. The predicted octanol–water partition coefficient (Wildman–Crippen LogP) is 4.06. The van der Waals surface area contributed by atoms with Gasteiger partial charge in [-0.25, -0.2) is 27.2 Å². The standard InChI is InChI=1S/C23H21F5N4O4S/c1-11-16(25)9-17(32(11)37(34,35)20-7-13-6-14(24)4-5-18(13)36-20)22(33)29-10-15-8-19(23(26,27)28)31-21(30-15)12-2-3-12/h4-8,11-12,16-17H,2-3,9-10H2,1H3,(H,29,33). The summed E-state index contributed by atoms with van der Waals surface area (Å²) < 4.78 is 101. The molecule has 1 amide bonds. The first-order chi connectivity index (χ1) is 17.3. The maximum Gasteiger partial charge on any atom is 0.433 e. The minimum absolute atomic E-state index is 0.0305. The number of hydrogen-bond donors (Lipinski definition) is 1. The normalized spacial score (nSPS) is 23.0. The molecule has 3 heterocycles. The highest BCUT2D eigenvalue weighted by Gasteiger charge is 2.50. The quantitative estimate of drug-likeness (QED) is 0.470. The molecule has 1 saturated heterocycles. The molecule has 8 nitrogen and oxygen atoms in total. The van der Waals surface area contributed by atoms with Crippen LogP contribution in [0.15, 0.2) is 39.8 Å². The van der Waals surface area contributed by atoms with Gasteiger partial charge in [0, 0.05) is 23.8 Å². The van der Waals surface area contributed by atoms with Crippen LogP contribution in [0.25, 0.3) is 11.0 Å². The molecule has 1 saturated carbocycles. The lowest BCUT2D eigenvalue weighted by molar-refractivity contribution is -0.141. The smallest absolute Gasteiger partial charge is 0.433 e. The van der Waals surface area contributed by atoms with Crippen molar-refractivity contribution < 1.29 is 39.6 Å². The Balaban J connectivity index is 1.39. The SMILES string of the molecule is CC1C(F)CC(C(=O)NCc2cc(C(F)(F)F)nc(C3CC3)n2)N1S(=O)(=O)c1cc2cc(F)ccc2o1. The van der Waals surface area contributed by atoms with Gasteiger partial charge in [0.2, 0.25) is 11.0 Å². The molecule has 1 aliphatic heterocycles. The Kier molecular flexibility index (Phi) is 6.21. The number of fused-ring (bicyclic) bond motifs is 1. The number of halogens is 5. The summed E-state index contributed by atoms with van der Waals surface area (Å²) in [5.41, 5.74) is -1.16. The van der Waals surface area contributed by atoms with Gasteiger partial charge in [-0.05, 0) is 44.0 Å². The van der Waals surface area contributed by atoms with E-state index in [4.69, 9.17) is 4.42 Å². The van der Waals surface area contributed by atoms with Crippen molar-refractivity contribution in [3.8, 4) is 0 Å². The van der Waals surface area contributed by atoms with Crippen LogP contribution in [0.4, 0.5) is 22.0 Å². The molecule has 3 unspecified atom stereocenters. The van der Waals surface area contributed by atoms with Gasteiger partial charge in [0.25, 0.3) is 10.0 Å². The fourth-order valence-corrected chi connectivity index (χ4v) is 6.13. The fraction of sp³-hybridized carbons (Fsp3) is 0.435. The molecule has 14 heteroatoms. The van der Waals surface area contributed by atoms with E-state index in [0.29, 0.717) is 23.2 Å². The number of carbonyl (C=O) groups is 1. The molecule has 2 aromatic heterocycles. The van der Waals surface area contributed by atoms with Crippen LogP contribution in [-0.4, -0.2) is 46.9 Å². The second kappa shape index (κ2) is 9.01. The zero-order valence-electron chi connectivity index (χ0n) is 19.3. The summed E-state index contributed by atoms with van der Waals surface area (Å²) in [5, 5.41) is 1.96. The number of carbonyl (C=O) groups excluding carboxylic acids is 1. The number of nitrogens with zero attached hydrogens (tertiary/aromatic N) is 3. The monoisotopic (exact) mass is 544 g/mol. The fourth-order valence-electron chi connectivity index (χ4n) is 4.36. The van der Waals surface area contributed by atoms with Gasteiger partial charge >= 0.3 is 6.18 Å². The van der Waals surface area contributed by atoms with Crippen LogP contribution in [0.2, 0.25) is 0 Å². The summed E-state index contributed by atoms with van der Waals surface area (Å²) in [6.45, 7) is 0.851. The third kappa shape index (κ3) is 4.91. The van der Waals surface area contributed by atoms with Crippen molar-refractivity contribution in [3.63, 3.8) is 0 Å². The van der Waals surface area contributed by atoms with Crippen LogP contribution >= 0.6 is 0 Å². The van der Waals surface area contributed by atoms with Crippen LogP contribution in [-0.2, 0) is 27.5 Å². The van der Waals surface area contributed by atoms with Gasteiger partial charge in [-0.3, -0.25) is 4.79 Å². The number of alkyl halides is 4. The van der Waals surface area contributed by atoms with Crippen molar-refractivity contribution in [3.05, 3.63) is 53.4 Å². The first-order valence-corrected chi connectivity index (χ1v) is 12.9. The third-order valence-electron chi connectivity index (χ3n) is 6.44. The largest absolute Gasteiger partial charge is 0.443 e. The van der Waals surface area contributed by atoms with E-state index >= 15 is 0 Å². The maximum atomic E-state index is 14.7. The molecule has 1 N–H and O–H groups in total. The highest BCUT2D eigenvalue weighted by Crippen LogP contribution is 2.39. The molecule has 2 aliphatic rings. The van der Waals surface area contributed by atoms with E-state index in [-0.39, 0.29) is 28.4 Å². The van der Waals surface area contributed by atoms with Crippen LogP contribution in [0.5, 0.6) is 0 Å². The van der Waals surface area contributed by atoms with E-state index in [0.717, 1.165) is 18.2 Å². The van der Waals surface area contributed by atoms with Crippen molar-refractivity contribution in [2.24, 2.45) is 0 Å². The second-order valence-corrected chi connectivity index (χ2v) is 11.0. The number of sulfonamides is 1. The molecule has 1 aromatic carbocycles. The molecular formula is C23H21F5N4O4S. The minimum atomic E-state index is -4.71. The zero-order valence-corrected chi connectivity index (χ0v) is 20.1. The molecule has 5 rings (SSSR count). The molecule has 0 bridgehead atoms. The van der Waals surface area contributed by atoms with Crippen LogP contribution in [0.3, 0.4) is 0 Å². The van der Waals surface area contributed by atoms with E-state index in [1.165, 1.54) is 13.0 Å². The average molecular weight is 545 g/mol. The molecule has 3 atom stereocenters. The zero-order chi connectivity index (χ0) is 26.7. The van der Waals surface area contributed by atoms with E-state index in [1.807, 2.05) is 0 Å². The second-order valence-electron chi connectivity index (χ2n) is 9.18. The number of benzene rings is 1. The molecule has 198 valence electrons. The van der Waals surface area contributed by atoms with Crippen molar-refractivity contribution >= 4 is 26.9 Å². The molecular weight excluding hydrogens is 523 g/mol. The predicted molar refractivity (Wildman–Crippen MR) is 119 cm³/mol. The number of nitrogens with one attached hydrogen (secondary N) is 1. The highest BCUT2D eigenvalue weighted by molar-refractivity contribution is 7.89. The lowest BCUT2D eigenvalue weighted by Crippen LogP contribution is -2.48. The van der Waals surface area contributed by atoms with Gasteiger partial charge in [0.15, 0.2) is 0 Å². The van der Waals surface area contributed by atoms with Gasteiger partial charge in [-0.15, -0.1) is 0 Å². The number of hydrogen-bond acceptors (Lipinski definition) is 6. The van der Waals surface area contributed by atoms with Crippen LogP contribution in [0, 0.1) is 5.82 Å². The molecule has 2 fully saturated rings. The first kappa shape index (κ1) is 25.5. The Bertz CT molecular complexity index is 1470. The van der Waals surface area contributed by atoms with Gasteiger partial charge < -0.3 is 9.73 Å². The summed E-state index contributed by atoms with van der Waals surface area (Å²) in [7, 11) is -4.54. The first-order valence-electron chi connectivity index (χ1n) is 11.4. The molecule has 1 aliphatic carbocycles. The van der Waals surface area contributed by atoms with Crippen molar-refractivity contribution in [2.75, 3.05) is 0 Å². The van der Waals surface area contributed by atoms with Gasteiger partial charge in [0.1, 0.15) is 35.1 Å². The summed E-state index contributed by atoms with van der Waals surface area (Å²) in [4.78, 5) is 20.7. The highest BCUT2D eigenvalue weighted by atomic mass is 32.2. The number of amides is 1. The maximum absolute atomic E-state index is 14.7. The van der Waals surface area contributed by atoms with Gasteiger partial charge in [-0.1, -0.05) is 0 Å². The average Bonchev–Trinajstić information content (AvgIpc) is 3.52. The Labute approximate surface area is 207 Å². The van der Waals surface area contributed by atoms with Gasteiger partial charge in [0.05, 0.1) is 18.3 Å². The van der Waals surface area contributed by atoms with E-state index in [2.05, 4.69) is 15.3 Å². The third-order valence-corrected chi connectivity index (χ3v) is 8.30. The Morgan fingerprint density at radius 2 is 1.92 bits per heavy atom. The Morgan fingerprint density at radius 1 is 1.19 bits per heavy atom. The minimum Gasteiger partial charge on any atom is -0.443 e. The van der Waals surface area contributed by atoms with E-state index < -0.39 is 69.9 Å². The Morgan fingerprint density at radius 3 is 2.59 bits per heavy atom. The van der Waals surface area contributed by atoms with Crippen molar-refractivity contribution in [1.29, 1.82) is 0 Å². The van der Waals surface area contributed by atoms with E-state index in [1.54, 1.807) is 0 Å². The Hall–Kier alpha value is -3.13. The summed E-state index contributed by atoms with van der Waals surface area (Å²) >= 11 is 0. The van der Waals surface area contributed by atoms with Gasteiger partial charge in [-0.2, -0.15) is 17.5 Å². The van der Waals surface area contributed by atoms with Crippen molar-refractivity contribution in [1.82, 2.24) is 19.6 Å². The molecule has 37 heavy (non-hydrogen) atoms. The lowest BCUT2D eigenvalue weighted by Gasteiger charge is -2.25. The lowest BCUT2D eigenvalue weighted by atomic mass is 10.1. The number of aromatic nitrogens is 2. The van der Waals surface area contributed by atoms with E-state index in [9.17, 15) is 35.2 Å². The summed E-state index contributed by atoms with van der Waals surface area (Å²) in [5.74, 6) is -1.67. The van der Waals surface area contributed by atoms with Crippen molar-refractivity contribution in [2.45, 2.75) is 68.2 Å². The molecule has 3 aromatic rings. The van der Waals surface area contributed by atoms with Crippen LogP contribution < -0.4 is 5.32 Å². The number of rotatable bonds is 6. The number of furan rings is 1. The topological polar surface area (TPSA) is 105 Å². The molecule has 0 radical (unpaired) electrons. The van der Waals surface area contributed by atoms with Crippen LogP contribution in [0.1, 0.15) is 49.3 Å².